The van der Waals surface area contributed by atoms with Gasteiger partial charge in [-0.2, -0.15) is 0 Å². The van der Waals surface area contributed by atoms with Crippen LogP contribution in [0.4, 0.5) is 0 Å². The van der Waals surface area contributed by atoms with E-state index in [0.717, 1.165) is 19.6 Å². The molecule has 0 spiro atoms. The number of carbonyl (C=O) groups excluding carboxylic acids is 1. The van der Waals surface area contributed by atoms with Crippen LogP contribution in [0.1, 0.15) is 5.69 Å². The zero-order valence-corrected chi connectivity index (χ0v) is 16.0. The summed E-state index contributed by atoms with van der Waals surface area (Å²) in [5.74, 6) is 4.42. The van der Waals surface area contributed by atoms with Crippen LogP contribution >= 0.6 is 0 Å². The van der Waals surface area contributed by atoms with E-state index in [9.17, 15) is 4.79 Å². The van der Waals surface area contributed by atoms with Gasteiger partial charge >= 0.3 is 0 Å². The highest BCUT2D eigenvalue weighted by Gasteiger charge is 2.26. The van der Waals surface area contributed by atoms with Gasteiger partial charge in [0.1, 0.15) is 12.2 Å². The number of hydrogen-bond acceptors (Lipinski definition) is 10. The van der Waals surface area contributed by atoms with E-state index in [-0.39, 0.29) is 12.6 Å². The van der Waals surface area contributed by atoms with E-state index in [4.69, 9.17) is 30.6 Å². The molecule has 1 aliphatic rings. The SMILES string of the molecule is NOCCOCCOCCOC1CN(CCOCc2cn(CC(N)=O)nn2)C1. The summed E-state index contributed by atoms with van der Waals surface area (Å²) in [6.07, 6.45) is 1.90. The van der Waals surface area contributed by atoms with E-state index < -0.39 is 5.91 Å². The van der Waals surface area contributed by atoms with Crippen LogP contribution < -0.4 is 11.6 Å². The standard InChI is InChI=1S/C16H30N6O6/c17-16(23)12-22-9-14(19-20-22)13-26-2-1-21-10-15(11-21)27-7-5-24-3-4-25-6-8-28-18/h9,15H,1-8,10-13,18H2,(H2,17,23). The summed E-state index contributed by atoms with van der Waals surface area (Å²) in [4.78, 5) is 17.4. The van der Waals surface area contributed by atoms with Crippen molar-refractivity contribution >= 4 is 5.91 Å². The predicted octanol–water partition coefficient (Wildman–Crippen LogP) is -2.10. The molecule has 0 aliphatic carbocycles. The van der Waals surface area contributed by atoms with Gasteiger partial charge < -0.3 is 29.5 Å². The van der Waals surface area contributed by atoms with Gasteiger partial charge in [-0.15, -0.1) is 5.10 Å². The van der Waals surface area contributed by atoms with E-state index in [1.807, 2.05) is 0 Å². The lowest BCUT2D eigenvalue weighted by Crippen LogP contribution is -2.53. The van der Waals surface area contributed by atoms with Crippen molar-refractivity contribution in [3.63, 3.8) is 0 Å². The summed E-state index contributed by atoms with van der Waals surface area (Å²) >= 11 is 0. The highest BCUT2D eigenvalue weighted by Crippen LogP contribution is 2.11. The third kappa shape index (κ3) is 9.50. The van der Waals surface area contributed by atoms with Gasteiger partial charge in [-0.3, -0.25) is 9.69 Å². The normalized spacial score (nSPS) is 15.0. The van der Waals surface area contributed by atoms with Gasteiger partial charge in [-0.05, 0) is 0 Å². The van der Waals surface area contributed by atoms with Crippen LogP contribution in [0, 0.1) is 0 Å². The van der Waals surface area contributed by atoms with Crippen LogP contribution in [0.15, 0.2) is 6.20 Å². The lowest BCUT2D eigenvalue weighted by atomic mass is 10.2. The zero-order valence-electron chi connectivity index (χ0n) is 16.0. The van der Waals surface area contributed by atoms with Crippen molar-refractivity contribution in [1.29, 1.82) is 0 Å². The van der Waals surface area contributed by atoms with Crippen LogP contribution in [-0.4, -0.2) is 97.8 Å². The average Bonchev–Trinajstić information content (AvgIpc) is 3.06. The molecule has 1 aromatic heterocycles. The molecule has 0 saturated carbocycles. The van der Waals surface area contributed by atoms with Gasteiger partial charge in [0.25, 0.3) is 0 Å². The molecule has 12 nitrogen and oxygen atoms in total. The molecule has 0 aromatic carbocycles. The molecule has 0 radical (unpaired) electrons. The second-order valence-electron chi connectivity index (χ2n) is 6.27. The molecule has 2 heterocycles. The lowest BCUT2D eigenvalue weighted by Gasteiger charge is -2.38. The topological polar surface area (TPSA) is 149 Å². The van der Waals surface area contributed by atoms with E-state index >= 15 is 0 Å². The van der Waals surface area contributed by atoms with Gasteiger partial charge in [-0.25, -0.2) is 10.6 Å². The summed E-state index contributed by atoms with van der Waals surface area (Å²) in [6.45, 7) is 6.58. The average molecular weight is 402 g/mol. The molecular formula is C16H30N6O6. The summed E-state index contributed by atoms with van der Waals surface area (Å²) in [7, 11) is 0. The van der Waals surface area contributed by atoms with Crippen LogP contribution in [0.3, 0.4) is 0 Å². The fourth-order valence-corrected chi connectivity index (χ4v) is 2.53. The first-order valence-electron chi connectivity index (χ1n) is 9.23. The summed E-state index contributed by atoms with van der Waals surface area (Å²) < 4.78 is 23.3. The molecule has 28 heavy (non-hydrogen) atoms. The lowest BCUT2D eigenvalue weighted by molar-refractivity contribution is -0.118. The molecular weight excluding hydrogens is 372 g/mol. The van der Waals surface area contributed by atoms with E-state index in [1.54, 1.807) is 6.20 Å². The summed E-state index contributed by atoms with van der Waals surface area (Å²) in [6, 6.07) is 0. The van der Waals surface area contributed by atoms with E-state index in [0.29, 0.717) is 58.5 Å². The molecule has 160 valence electrons. The number of amides is 1. The van der Waals surface area contributed by atoms with Gasteiger partial charge in [-0.1, -0.05) is 5.21 Å². The van der Waals surface area contributed by atoms with Crippen molar-refractivity contribution < 1.29 is 28.6 Å². The van der Waals surface area contributed by atoms with Crippen molar-refractivity contribution in [3.8, 4) is 0 Å². The highest BCUT2D eigenvalue weighted by atomic mass is 16.6. The minimum atomic E-state index is -0.457. The smallest absolute Gasteiger partial charge is 0.239 e. The number of nitrogens with zero attached hydrogens (tertiary/aromatic N) is 4. The quantitative estimate of drug-likeness (QED) is 0.219. The molecule has 2 rings (SSSR count). The Bertz CT molecular complexity index is 553. The predicted molar refractivity (Wildman–Crippen MR) is 96.8 cm³/mol. The number of likely N-dealkylation sites (tertiary alicyclic amines) is 1. The minimum absolute atomic E-state index is 0.0191. The largest absolute Gasteiger partial charge is 0.377 e. The monoisotopic (exact) mass is 402 g/mol. The van der Waals surface area contributed by atoms with Crippen molar-refractivity contribution in [2.75, 3.05) is 65.9 Å². The maximum absolute atomic E-state index is 10.8. The molecule has 12 heteroatoms. The number of ether oxygens (including phenoxy) is 4. The summed E-state index contributed by atoms with van der Waals surface area (Å²) in [5.41, 5.74) is 5.77. The Hall–Kier alpha value is -1.67. The van der Waals surface area contributed by atoms with E-state index in [1.165, 1.54) is 4.68 Å². The first kappa shape index (κ1) is 22.6. The van der Waals surface area contributed by atoms with Crippen LogP contribution in [0.5, 0.6) is 0 Å². The molecule has 0 unspecified atom stereocenters. The Labute approximate surface area is 163 Å². The zero-order chi connectivity index (χ0) is 20.0. The number of primary amides is 1. The molecule has 1 amide bonds. The second kappa shape index (κ2) is 13.5. The molecule has 4 N–H and O–H groups in total. The van der Waals surface area contributed by atoms with Crippen molar-refractivity contribution in [2.24, 2.45) is 11.6 Å². The first-order valence-corrected chi connectivity index (χ1v) is 9.23. The van der Waals surface area contributed by atoms with Crippen LogP contribution in [-0.2, 0) is 41.7 Å². The van der Waals surface area contributed by atoms with Gasteiger partial charge in [0.05, 0.1) is 65.2 Å². The van der Waals surface area contributed by atoms with Crippen LogP contribution in [0.25, 0.3) is 0 Å². The third-order valence-electron chi connectivity index (χ3n) is 3.93. The summed E-state index contributed by atoms with van der Waals surface area (Å²) in [5, 5.41) is 7.73. The molecule has 1 aliphatic heterocycles. The van der Waals surface area contributed by atoms with E-state index in [2.05, 4.69) is 20.0 Å². The number of aromatic nitrogens is 3. The molecule has 1 saturated heterocycles. The molecule has 1 aromatic rings. The Kier molecular flexibility index (Phi) is 10.9. The fraction of sp³-hybridized carbons (Fsp3) is 0.812. The van der Waals surface area contributed by atoms with Gasteiger partial charge in [0.15, 0.2) is 0 Å². The van der Waals surface area contributed by atoms with Crippen molar-refractivity contribution in [2.45, 2.75) is 19.3 Å². The fourth-order valence-electron chi connectivity index (χ4n) is 2.53. The number of rotatable bonds is 17. The maximum Gasteiger partial charge on any atom is 0.239 e. The molecule has 0 bridgehead atoms. The maximum atomic E-state index is 10.8. The Morgan fingerprint density at radius 2 is 1.79 bits per heavy atom. The number of hydrogen-bond donors (Lipinski definition) is 2. The molecule has 1 fully saturated rings. The second-order valence-corrected chi connectivity index (χ2v) is 6.27. The Morgan fingerprint density at radius 1 is 1.07 bits per heavy atom. The van der Waals surface area contributed by atoms with Crippen molar-refractivity contribution in [1.82, 2.24) is 19.9 Å². The first-order chi connectivity index (χ1) is 13.7. The Balaban J connectivity index is 1.37. The number of nitrogens with two attached hydrogens (primary N) is 2. The van der Waals surface area contributed by atoms with Gasteiger partial charge in [0, 0.05) is 19.6 Å². The number of carbonyl (C=O) groups is 1. The van der Waals surface area contributed by atoms with Crippen LogP contribution in [0.2, 0.25) is 0 Å². The van der Waals surface area contributed by atoms with Gasteiger partial charge in [0.2, 0.25) is 5.91 Å². The van der Waals surface area contributed by atoms with Crippen molar-refractivity contribution in [3.05, 3.63) is 11.9 Å². The molecule has 0 atom stereocenters. The minimum Gasteiger partial charge on any atom is -0.377 e. The third-order valence-corrected chi connectivity index (χ3v) is 3.93. The highest BCUT2D eigenvalue weighted by molar-refractivity contribution is 5.73. The Morgan fingerprint density at radius 3 is 2.50 bits per heavy atom.